The van der Waals surface area contributed by atoms with E-state index < -0.39 is 0 Å². The highest BCUT2D eigenvalue weighted by atomic mass is 16.2. The Hall–Kier alpha value is -3.15. The van der Waals surface area contributed by atoms with Gasteiger partial charge in [-0.3, -0.25) is 14.4 Å². The molecule has 0 N–H and O–H groups in total. The van der Waals surface area contributed by atoms with Crippen LogP contribution in [0.15, 0.2) is 60.7 Å². The minimum atomic E-state index is -0.366. The number of nitrogens with zero attached hydrogens (tertiary/aromatic N) is 3. The van der Waals surface area contributed by atoms with Gasteiger partial charge in [0.05, 0.1) is 6.42 Å². The quantitative estimate of drug-likeness (QED) is 0.656. The molecule has 0 radical (unpaired) electrons. The maximum absolute atomic E-state index is 13.2. The van der Waals surface area contributed by atoms with E-state index in [0.29, 0.717) is 45.6 Å². The second kappa shape index (κ2) is 11.1. The van der Waals surface area contributed by atoms with Crippen molar-refractivity contribution in [3.8, 4) is 0 Å². The third-order valence-electron chi connectivity index (χ3n) is 6.70. The average Bonchev–Trinajstić information content (AvgIpc) is 3.35. The van der Waals surface area contributed by atoms with E-state index >= 15 is 0 Å². The molecule has 0 bridgehead atoms. The Kier molecular flexibility index (Phi) is 7.76. The van der Waals surface area contributed by atoms with E-state index in [9.17, 15) is 14.4 Å². The van der Waals surface area contributed by atoms with Gasteiger partial charge in [0.2, 0.25) is 17.7 Å². The SMILES string of the molecule is O=C(CCCc1ccccc1)N1CCN(C(=O)C2CCCN2C(=O)Cc2ccccc2)CC1. The number of benzene rings is 2. The Labute approximate surface area is 196 Å². The van der Waals surface area contributed by atoms with Gasteiger partial charge in [-0.2, -0.15) is 0 Å². The van der Waals surface area contributed by atoms with E-state index in [1.165, 1.54) is 5.56 Å². The molecule has 0 aliphatic carbocycles. The van der Waals surface area contributed by atoms with Crippen molar-refractivity contribution in [2.24, 2.45) is 0 Å². The second-order valence-corrected chi connectivity index (χ2v) is 8.95. The van der Waals surface area contributed by atoms with Crippen molar-refractivity contribution in [3.05, 3.63) is 71.8 Å². The van der Waals surface area contributed by atoms with E-state index in [1.54, 1.807) is 4.90 Å². The number of carbonyl (C=O) groups excluding carboxylic acids is 3. The van der Waals surface area contributed by atoms with Gasteiger partial charge in [0.15, 0.2) is 0 Å². The van der Waals surface area contributed by atoms with Crippen molar-refractivity contribution in [1.82, 2.24) is 14.7 Å². The highest BCUT2D eigenvalue weighted by Crippen LogP contribution is 2.22. The summed E-state index contributed by atoms with van der Waals surface area (Å²) in [6.45, 7) is 2.87. The smallest absolute Gasteiger partial charge is 0.245 e. The Bertz CT molecular complexity index is 940. The van der Waals surface area contributed by atoms with E-state index in [0.717, 1.165) is 31.2 Å². The molecule has 4 rings (SSSR count). The minimum Gasteiger partial charge on any atom is -0.339 e. The standard InChI is InChI=1S/C27H33N3O3/c31-25(15-7-13-22-9-3-1-4-10-22)28-17-19-29(20-18-28)27(33)24-14-8-16-30(24)26(32)21-23-11-5-2-6-12-23/h1-6,9-12,24H,7-8,13-21H2. The van der Waals surface area contributed by atoms with Gasteiger partial charge >= 0.3 is 0 Å². The van der Waals surface area contributed by atoms with E-state index in [4.69, 9.17) is 0 Å². The van der Waals surface area contributed by atoms with Crippen molar-refractivity contribution in [3.63, 3.8) is 0 Å². The molecule has 2 aromatic rings. The van der Waals surface area contributed by atoms with Crippen LogP contribution in [0.2, 0.25) is 0 Å². The van der Waals surface area contributed by atoms with Crippen LogP contribution in [0.1, 0.15) is 36.8 Å². The van der Waals surface area contributed by atoms with Gasteiger partial charge in [0.1, 0.15) is 6.04 Å². The first-order valence-electron chi connectivity index (χ1n) is 12.1. The predicted molar refractivity (Wildman–Crippen MR) is 127 cm³/mol. The molecule has 2 heterocycles. The zero-order chi connectivity index (χ0) is 23.0. The van der Waals surface area contributed by atoms with Crippen LogP contribution >= 0.6 is 0 Å². The summed E-state index contributed by atoms with van der Waals surface area (Å²) >= 11 is 0. The monoisotopic (exact) mass is 447 g/mol. The summed E-state index contributed by atoms with van der Waals surface area (Å²) in [6, 6.07) is 19.5. The summed E-state index contributed by atoms with van der Waals surface area (Å²) in [5, 5.41) is 0. The Morgan fingerprint density at radius 1 is 0.727 bits per heavy atom. The second-order valence-electron chi connectivity index (χ2n) is 8.95. The molecule has 2 fully saturated rings. The maximum atomic E-state index is 13.2. The van der Waals surface area contributed by atoms with E-state index in [2.05, 4.69) is 12.1 Å². The van der Waals surface area contributed by atoms with Gasteiger partial charge in [-0.25, -0.2) is 0 Å². The predicted octanol–water partition coefficient (Wildman–Crippen LogP) is 2.91. The van der Waals surface area contributed by atoms with Gasteiger partial charge in [-0.05, 0) is 36.8 Å². The average molecular weight is 448 g/mol. The van der Waals surface area contributed by atoms with Gasteiger partial charge in [-0.1, -0.05) is 60.7 Å². The van der Waals surface area contributed by atoms with Crippen LogP contribution < -0.4 is 0 Å². The maximum Gasteiger partial charge on any atom is 0.245 e. The number of aryl methyl sites for hydroxylation is 1. The number of hydrogen-bond acceptors (Lipinski definition) is 3. The number of piperazine rings is 1. The minimum absolute atomic E-state index is 0.0179. The first kappa shape index (κ1) is 23.0. The number of carbonyl (C=O) groups is 3. The van der Waals surface area contributed by atoms with E-state index in [1.807, 2.05) is 58.3 Å². The Morgan fingerprint density at radius 3 is 2.00 bits per heavy atom. The number of likely N-dealkylation sites (tertiary alicyclic amines) is 1. The van der Waals surface area contributed by atoms with Crippen LogP contribution in [0.25, 0.3) is 0 Å². The zero-order valence-electron chi connectivity index (χ0n) is 19.2. The molecule has 2 saturated heterocycles. The van der Waals surface area contributed by atoms with Crippen LogP contribution in [-0.4, -0.2) is 71.2 Å². The highest BCUT2D eigenvalue weighted by Gasteiger charge is 2.37. The molecule has 2 aromatic carbocycles. The van der Waals surface area contributed by atoms with Crippen molar-refractivity contribution in [1.29, 1.82) is 0 Å². The fourth-order valence-corrected chi connectivity index (χ4v) is 4.83. The fourth-order valence-electron chi connectivity index (χ4n) is 4.83. The normalized spacial score (nSPS) is 18.4. The fraction of sp³-hybridized carbons (Fsp3) is 0.444. The largest absolute Gasteiger partial charge is 0.339 e. The van der Waals surface area contributed by atoms with Crippen molar-refractivity contribution < 1.29 is 14.4 Å². The van der Waals surface area contributed by atoms with Crippen molar-refractivity contribution in [2.75, 3.05) is 32.7 Å². The molecule has 1 unspecified atom stereocenters. The Morgan fingerprint density at radius 2 is 1.33 bits per heavy atom. The van der Waals surface area contributed by atoms with Gasteiger partial charge in [0, 0.05) is 39.1 Å². The first-order chi connectivity index (χ1) is 16.1. The van der Waals surface area contributed by atoms with Crippen molar-refractivity contribution >= 4 is 17.7 Å². The molecule has 1 atom stereocenters. The summed E-state index contributed by atoms with van der Waals surface area (Å²) in [7, 11) is 0. The molecule has 2 aliphatic rings. The van der Waals surface area contributed by atoms with Crippen LogP contribution in [-0.2, 0) is 27.2 Å². The van der Waals surface area contributed by atoms with Gasteiger partial charge < -0.3 is 14.7 Å². The summed E-state index contributed by atoms with van der Waals surface area (Å²) in [6.07, 6.45) is 4.18. The lowest BCUT2D eigenvalue weighted by Crippen LogP contribution is -2.55. The molecule has 2 aliphatic heterocycles. The molecule has 174 valence electrons. The van der Waals surface area contributed by atoms with Crippen LogP contribution in [0, 0.1) is 0 Å². The molecule has 3 amide bonds. The molecular weight excluding hydrogens is 414 g/mol. The zero-order valence-corrected chi connectivity index (χ0v) is 19.2. The van der Waals surface area contributed by atoms with Gasteiger partial charge in [0.25, 0.3) is 0 Å². The summed E-state index contributed by atoms with van der Waals surface area (Å²) in [5.41, 5.74) is 2.23. The van der Waals surface area contributed by atoms with Crippen molar-refractivity contribution in [2.45, 2.75) is 44.6 Å². The topological polar surface area (TPSA) is 60.9 Å². The lowest BCUT2D eigenvalue weighted by Gasteiger charge is -2.37. The number of amides is 3. The third-order valence-corrected chi connectivity index (χ3v) is 6.70. The van der Waals surface area contributed by atoms with Gasteiger partial charge in [-0.15, -0.1) is 0 Å². The summed E-state index contributed by atoms with van der Waals surface area (Å²) in [4.78, 5) is 44.1. The lowest BCUT2D eigenvalue weighted by molar-refractivity contribution is -0.146. The molecule has 0 saturated carbocycles. The molecular formula is C27H33N3O3. The van der Waals surface area contributed by atoms with E-state index in [-0.39, 0.29) is 23.8 Å². The number of hydrogen-bond donors (Lipinski definition) is 0. The molecule has 0 aromatic heterocycles. The summed E-state index contributed by atoms with van der Waals surface area (Å²) in [5.74, 6) is 0.216. The van der Waals surface area contributed by atoms with Crippen LogP contribution in [0.3, 0.4) is 0 Å². The molecule has 6 nitrogen and oxygen atoms in total. The molecule has 33 heavy (non-hydrogen) atoms. The third kappa shape index (κ3) is 6.01. The van der Waals surface area contributed by atoms with Crippen LogP contribution in [0.4, 0.5) is 0 Å². The Balaban J connectivity index is 1.23. The number of rotatable bonds is 7. The first-order valence-corrected chi connectivity index (χ1v) is 12.1. The highest BCUT2D eigenvalue weighted by molar-refractivity contribution is 5.89. The summed E-state index contributed by atoms with van der Waals surface area (Å²) < 4.78 is 0. The van der Waals surface area contributed by atoms with Crippen LogP contribution in [0.5, 0.6) is 0 Å². The molecule has 0 spiro atoms. The molecule has 6 heteroatoms. The lowest BCUT2D eigenvalue weighted by atomic mass is 10.1.